The molecule has 0 aliphatic carbocycles. The van der Waals surface area contributed by atoms with Crippen LogP contribution >= 0.6 is 0 Å². The molecule has 0 saturated carbocycles. The van der Waals surface area contributed by atoms with Gasteiger partial charge < -0.3 is 10.1 Å². The molecule has 0 aliphatic rings. The number of H-pyrrole nitrogens is 2. The summed E-state index contributed by atoms with van der Waals surface area (Å²) in [5.74, 6) is -0.208. The van der Waals surface area contributed by atoms with Crippen LogP contribution in [-0.4, -0.2) is 38.2 Å². The fourth-order valence-electron chi connectivity index (χ4n) is 2.69. The quantitative estimate of drug-likeness (QED) is 0.542. The number of aromatic nitrogens is 2. The van der Waals surface area contributed by atoms with Crippen LogP contribution in [0.2, 0.25) is 0 Å². The Kier molecular flexibility index (Phi) is 5.74. The number of aromatic amines is 2. The number of hydrogen-bond donors (Lipinski definition) is 3. The van der Waals surface area contributed by atoms with Crippen molar-refractivity contribution in [3.8, 4) is 5.75 Å². The molecule has 2 aromatic carbocycles. The molecule has 1 heterocycles. The summed E-state index contributed by atoms with van der Waals surface area (Å²) in [6.45, 7) is 1.32. The number of benzene rings is 2. The number of carbonyl (C=O) groups is 1. The van der Waals surface area contributed by atoms with E-state index in [2.05, 4.69) is 15.5 Å². The first-order chi connectivity index (χ1) is 13.8. The Morgan fingerprint density at radius 1 is 1.10 bits per heavy atom. The van der Waals surface area contributed by atoms with Crippen LogP contribution in [0.4, 0.5) is 11.5 Å². The van der Waals surface area contributed by atoms with Gasteiger partial charge in [0.05, 0.1) is 17.7 Å². The molecule has 3 N–H and O–H groups in total. The summed E-state index contributed by atoms with van der Waals surface area (Å²) in [6, 6.07) is 14.0. The van der Waals surface area contributed by atoms with E-state index in [0.29, 0.717) is 5.75 Å². The lowest BCUT2D eigenvalue weighted by Crippen LogP contribution is -2.38. The Morgan fingerprint density at radius 3 is 2.41 bits per heavy atom. The second kappa shape index (κ2) is 8.23. The van der Waals surface area contributed by atoms with E-state index in [0.717, 1.165) is 15.9 Å². The van der Waals surface area contributed by atoms with E-state index in [9.17, 15) is 18.0 Å². The van der Waals surface area contributed by atoms with Gasteiger partial charge in [-0.05, 0) is 31.2 Å². The van der Waals surface area contributed by atoms with E-state index in [1.807, 2.05) is 6.92 Å². The summed E-state index contributed by atoms with van der Waals surface area (Å²) in [7, 11) is -2.66. The number of hydrogen-bond acceptors (Lipinski definition) is 5. The van der Waals surface area contributed by atoms with Crippen molar-refractivity contribution < 1.29 is 17.9 Å². The minimum Gasteiger partial charge on any atom is -0.495 e. The molecule has 0 spiro atoms. The zero-order valence-corrected chi connectivity index (χ0v) is 16.6. The Bertz CT molecular complexity index is 1170. The van der Waals surface area contributed by atoms with Crippen molar-refractivity contribution >= 4 is 27.4 Å². The normalized spacial score (nSPS) is 11.1. The van der Waals surface area contributed by atoms with Crippen LogP contribution in [0.25, 0.3) is 0 Å². The van der Waals surface area contributed by atoms with Crippen LogP contribution < -0.4 is 19.9 Å². The van der Waals surface area contributed by atoms with Gasteiger partial charge in [-0.15, -0.1) is 0 Å². The first kappa shape index (κ1) is 20.2. The highest BCUT2D eigenvalue weighted by Gasteiger charge is 2.29. The third-order valence-electron chi connectivity index (χ3n) is 4.12. The molecule has 1 aromatic heterocycles. The number of para-hydroxylation sites is 2. The molecule has 10 heteroatoms. The van der Waals surface area contributed by atoms with Crippen molar-refractivity contribution in [2.75, 3.05) is 23.3 Å². The predicted molar refractivity (Wildman–Crippen MR) is 109 cm³/mol. The van der Waals surface area contributed by atoms with Crippen molar-refractivity contribution in [3.05, 3.63) is 70.5 Å². The number of sulfonamides is 1. The highest BCUT2D eigenvalue weighted by atomic mass is 32.2. The van der Waals surface area contributed by atoms with Gasteiger partial charge in [0.2, 0.25) is 5.91 Å². The predicted octanol–water partition coefficient (Wildman–Crippen LogP) is 1.85. The lowest BCUT2D eigenvalue weighted by Gasteiger charge is -2.25. The van der Waals surface area contributed by atoms with E-state index in [4.69, 9.17) is 4.74 Å². The first-order valence-electron chi connectivity index (χ1n) is 8.61. The lowest BCUT2D eigenvalue weighted by molar-refractivity contribution is -0.114. The molecule has 3 rings (SSSR count). The van der Waals surface area contributed by atoms with Gasteiger partial charge in [-0.25, -0.2) is 8.42 Å². The molecule has 0 unspecified atom stereocenters. The van der Waals surface area contributed by atoms with Crippen LogP contribution in [0.1, 0.15) is 5.56 Å². The molecule has 0 saturated heterocycles. The number of aryl methyl sites for hydroxylation is 1. The first-order valence-corrected chi connectivity index (χ1v) is 10.1. The smallest absolute Gasteiger partial charge is 0.266 e. The van der Waals surface area contributed by atoms with Gasteiger partial charge in [-0.2, -0.15) is 0 Å². The third kappa shape index (κ3) is 4.49. The van der Waals surface area contributed by atoms with Crippen LogP contribution in [-0.2, 0) is 14.8 Å². The fourth-order valence-corrected chi connectivity index (χ4v) is 4.12. The largest absolute Gasteiger partial charge is 0.495 e. The van der Waals surface area contributed by atoms with Crippen LogP contribution in [0.15, 0.2) is 64.3 Å². The van der Waals surface area contributed by atoms with Gasteiger partial charge in [0.25, 0.3) is 15.6 Å². The van der Waals surface area contributed by atoms with Gasteiger partial charge in [-0.3, -0.25) is 24.1 Å². The molecule has 1 amide bonds. The minimum atomic E-state index is -4.07. The van der Waals surface area contributed by atoms with Gasteiger partial charge in [0, 0.05) is 6.07 Å². The molecule has 0 radical (unpaired) electrons. The highest BCUT2D eigenvalue weighted by molar-refractivity contribution is 7.92. The Labute approximate surface area is 167 Å². The number of anilines is 2. The summed E-state index contributed by atoms with van der Waals surface area (Å²) in [6.07, 6.45) is 0. The van der Waals surface area contributed by atoms with E-state index in [-0.39, 0.29) is 16.4 Å². The van der Waals surface area contributed by atoms with Crippen molar-refractivity contribution in [2.24, 2.45) is 0 Å². The monoisotopic (exact) mass is 416 g/mol. The molecule has 3 aromatic rings. The maximum Gasteiger partial charge on any atom is 0.266 e. The second-order valence-corrected chi connectivity index (χ2v) is 8.08. The molecule has 0 atom stereocenters. The molecular weight excluding hydrogens is 396 g/mol. The number of carbonyl (C=O) groups excluding carboxylic acids is 1. The van der Waals surface area contributed by atoms with Gasteiger partial charge in [0.1, 0.15) is 18.1 Å². The van der Waals surface area contributed by atoms with Crippen molar-refractivity contribution in [1.82, 2.24) is 10.2 Å². The number of nitrogens with one attached hydrogen (secondary N) is 3. The van der Waals surface area contributed by atoms with Gasteiger partial charge in [-0.1, -0.05) is 29.8 Å². The highest BCUT2D eigenvalue weighted by Crippen LogP contribution is 2.32. The minimum absolute atomic E-state index is 0.0388. The molecule has 9 nitrogen and oxygen atoms in total. The molecule has 0 bridgehead atoms. The van der Waals surface area contributed by atoms with Crippen LogP contribution in [0.5, 0.6) is 5.75 Å². The second-order valence-electron chi connectivity index (χ2n) is 6.22. The summed E-state index contributed by atoms with van der Waals surface area (Å²) in [4.78, 5) is 23.8. The van der Waals surface area contributed by atoms with Crippen molar-refractivity contribution in [2.45, 2.75) is 11.8 Å². The zero-order chi connectivity index (χ0) is 21.0. The topological polar surface area (TPSA) is 124 Å². The number of nitrogens with zero attached hydrogens (tertiary/aromatic N) is 1. The number of amides is 1. The summed E-state index contributed by atoms with van der Waals surface area (Å²) in [5, 5.41) is 7.24. The molecular formula is C19H20N4O5S. The van der Waals surface area contributed by atoms with E-state index in [1.54, 1.807) is 36.4 Å². The lowest BCUT2D eigenvalue weighted by atomic mass is 10.2. The Morgan fingerprint density at radius 2 is 1.79 bits per heavy atom. The third-order valence-corrected chi connectivity index (χ3v) is 5.89. The average molecular weight is 416 g/mol. The Balaban J connectivity index is 2.00. The summed E-state index contributed by atoms with van der Waals surface area (Å²) >= 11 is 0. The van der Waals surface area contributed by atoms with E-state index in [1.165, 1.54) is 19.2 Å². The number of ether oxygens (including phenoxy) is 1. The Hall–Kier alpha value is -3.53. The molecule has 0 fully saturated rings. The van der Waals surface area contributed by atoms with Crippen LogP contribution in [0, 0.1) is 6.92 Å². The fraction of sp³-hybridized carbons (Fsp3) is 0.158. The van der Waals surface area contributed by atoms with E-state index < -0.39 is 28.0 Å². The molecule has 152 valence electrons. The summed E-state index contributed by atoms with van der Waals surface area (Å²) < 4.78 is 32.9. The van der Waals surface area contributed by atoms with Crippen molar-refractivity contribution in [3.63, 3.8) is 0 Å². The molecule has 0 aliphatic heterocycles. The number of methoxy groups -OCH3 is 1. The average Bonchev–Trinajstić information content (AvgIpc) is 3.11. The zero-order valence-electron chi connectivity index (χ0n) is 15.8. The van der Waals surface area contributed by atoms with E-state index >= 15 is 0 Å². The maximum absolute atomic E-state index is 13.3. The standard InChI is InChI=1S/C19H20N4O5S/c1-13-7-9-14(10-8-13)29(26,27)23(15-5-3-4-6-16(15)28-2)12-19(25)20-17-11-18(24)22-21-17/h3-11H,12H2,1-2H3,(H3,20,21,22,24,25). The van der Waals surface area contributed by atoms with Gasteiger partial charge >= 0.3 is 0 Å². The van der Waals surface area contributed by atoms with Crippen LogP contribution in [0.3, 0.4) is 0 Å². The number of rotatable bonds is 7. The SMILES string of the molecule is COc1ccccc1N(CC(=O)Nc1cc(=O)[nH][nH]1)S(=O)(=O)c1ccc(C)cc1. The maximum atomic E-state index is 13.3. The van der Waals surface area contributed by atoms with Gasteiger partial charge in [0.15, 0.2) is 0 Å². The summed E-state index contributed by atoms with van der Waals surface area (Å²) in [5.41, 5.74) is 0.699. The van der Waals surface area contributed by atoms with Crippen molar-refractivity contribution in [1.29, 1.82) is 0 Å². The molecule has 29 heavy (non-hydrogen) atoms.